The fraction of sp³-hybridized carbons (Fsp3) is 0.471. The van der Waals surface area contributed by atoms with Gasteiger partial charge in [0, 0.05) is 18.0 Å². The summed E-state index contributed by atoms with van der Waals surface area (Å²) in [4.78, 5) is 23.2. The van der Waals surface area contributed by atoms with Crippen molar-refractivity contribution in [3.8, 4) is 5.75 Å². The topological polar surface area (TPSA) is 105 Å². The number of methoxy groups -OCH3 is 1. The summed E-state index contributed by atoms with van der Waals surface area (Å²) in [6, 6.07) is 5.49. The third kappa shape index (κ3) is 3.58. The number of ether oxygens (including phenoxy) is 2. The van der Waals surface area contributed by atoms with E-state index in [1.807, 2.05) is 18.2 Å². The predicted molar refractivity (Wildman–Crippen MR) is 89.7 cm³/mol. The van der Waals surface area contributed by atoms with E-state index >= 15 is 0 Å². The first-order valence-electron chi connectivity index (χ1n) is 8.19. The molecule has 0 spiro atoms. The Morgan fingerprint density at radius 3 is 2.72 bits per heavy atom. The van der Waals surface area contributed by atoms with Crippen LogP contribution in [0.4, 0.5) is 0 Å². The second kappa shape index (κ2) is 7.52. The number of esters is 1. The number of aromatic nitrogens is 2. The Labute approximate surface area is 144 Å². The van der Waals surface area contributed by atoms with Crippen LogP contribution in [-0.2, 0) is 9.53 Å². The molecule has 2 bridgehead atoms. The number of piperidine rings is 3. The molecule has 3 aliphatic heterocycles. The number of rotatable bonds is 3. The lowest BCUT2D eigenvalue weighted by Gasteiger charge is -2.43. The molecular formula is C17H21N3O5. The highest BCUT2D eigenvalue weighted by Gasteiger charge is 2.37. The highest BCUT2D eigenvalue weighted by atomic mass is 16.5. The third-order valence-electron chi connectivity index (χ3n) is 4.82. The van der Waals surface area contributed by atoms with Gasteiger partial charge in [-0.05, 0) is 44.0 Å². The summed E-state index contributed by atoms with van der Waals surface area (Å²) in [5.74, 6) is 0.892. The molecule has 1 aromatic carbocycles. The van der Waals surface area contributed by atoms with Crippen molar-refractivity contribution in [2.45, 2.75) is 18.9 Å². The maximum Gasteiger partial charge on any atom is 0.359 e. The smallest absolute Gasteiger partial charge is 0.359 e. The number of aromatic amines is 1. The zero-order valence-electron chi connectivity index (χ0n) is 14.0. The van der Waals surface area contributed by atoms with Gasteiger partial charge in [0.15, 0.2) is 5.69 Å². The Bertz CT molecular complexity index is 752. The van der Waals surface area contributed by atoms with Crippen LogP contribution >= 0.6 is 0 Å². The van der Waals surface area contributed by atoms with Crippen LogP contribution in [0.1, 0.15) is 23.3 Å². The van der Waals surface area contributed by atoms with Crippen molar-refractivity contribution < 1.29 is 24.2 Å². The number of fused-ring (bicyclic) bond motifs is 4. The zero-order chi connectivity index (χ0) is 17.8. The summed E-state index contributed by atoms with van der Waals surface area (Å²) in [7, 11) is 1.61. The average Bonchev–Trinajstić information content (AvgIpc) is 3.06. The highest BCUT2D eigenvalue weighted by Crippen LogP contribution is 2.30. The van der Waals surface area contributed by atoms with Gasteiger partial charge in [-0.1, -0.05) is 0 Å². The molecule has 0 aliphatic carbocycles. The number of carboxylic acid groups (broad SMARTS) is 1. The molecule has 134 valence electrons. The van der Waals surface area contributed by atoms with Crippen LogP contribution in [0.2, 0.25) is 0 Å². The first-order valence-corrected chi connectivity index (χ1v) is 8.19. The summed E-state index contributed by atoms with van der Waals surface area (Å²) >= 11 is 0. The van der Waals surface area contributed by atoms with Crippen LogP contribution in [0.3, 0.4) is 0 Å². The summed E-state index contributed by atoms with van der Waals surface area (Å²) in [6.07, 6.45) is 2.24. The minimum Gasteiger partial charge on any atom is -0.497 e. The molecule has 3 fully saturated rings. The van der Waals surface area contributed by atoms with E-state index in [9.17, 15) is 4.79 Å². The van der Waals surface area contributed by atoms with Crippen LogP contribution in [0.25, 0.3) is 10.9 Å². The van der Waals surface area contributed by atoms with Gasteiger partial charge in [0.05, 0.1) is 12.6 Å². The van der Waals surface area contributed by atoms with Crippen molar-refractivity contribution in [2.75, 3.05) is 26.7 Å². The van der Waals surface area contributed by atoms with Crippen LogP contribution in [-0.4, -0.2) is 65.5 Å². The molecule has 0 unspecified atom stereocenters. The van der Waals surface area contributed by atoms with Gasteiger partial charge < -0.3 is 14.6 Å². The lowest BCUT2D eigenvalue weighted by atomic mass is 9.86. The van der Waals surface area contributed by atoms with E-state index in [-0.39, 0.29) is 18.5 Å². The second-order valence-electron chi connectivity index (χ2n) is 6.17. The van der Waals surface area contributed by atoms with Gasteiger partial charge in [-0.25, -0.2) is 4.79 Å². The molecule has 0 radical (unpaired) electrons. The number of hydrogen-bond donors (Lipinski definition) is 2. The third-order valence-corrected chi connectivity index (χ3v) is 4.82. The van der Waals surface area contributed by atoms with Gasteiger partial charge in [-0.15, -0.1) is 0 Å². The van der Waals surface area contributed by atoms with Crippen LogP contribution in [0.15, 0.2) is 18.2 Å². The molecule has 2 aromatic rings. The average molecular weight is 347 g/mol. The summed E-state index contributed by atoms with van der Waals surface area (Å²) in [6.45, 7) is 2.86. The molecule has 0 saturated carbocycles. The lowest BCUT2D eigenvalue weighted by Crippen LogP contribution is -2.51. The molecule has 8 heteroatoms. The molecule has 8 nitrogen and oxygen atoms in total. The molecule has 3 saturated heterocycles. The standard InChI is InChI=1S/C16H19N3O3.CH2O2/c1-21-11-2-3-12-13(8-11)17-18-15(12)16(20)22-14-9-19-6-4-10(14)5-7-19;2-1-3/h2-3,8,10,14H,4-7,9H2,1H3,(H,17,18);1H,(H,2,3)/t14-;/m0./s1. The number of nitrogens with one attached hydrogen (secondary N) is 1. The number of carbonyl (C=O) groups excluding carboxylic acids is 1. The van der Waals surface area contributed by atoms with Gasteiger partial charge in [0.2, 0.25) is 0 Å². The Kier molecular flexibility index (Phi) is 5.18. The lowest BCUT2D eigenvalue weighted by molar-refractivity contribution is -0.122. The second-order valence-corrected chi connectivity index (χ2v) is 6.17. The minimum absolute atomic E-state index is 0.00000152. The molecule has 25 heavy (non-hydrogen) atoms. The Hall–Kier alpha value is -2.61. The van der Waals surface area contributed by atoms with Crippen LogP contribution < -0.4 is 4.74 Å². The summed E-state index contributed by atoms with van der Waals surface area (Å²) < 4.78 is 10.9. The molecule has 1 aromatic heterocycles. The van der Waals surface area contributed by atoms with Gasteiger partial charge in [-0.2, -0.15) is 5.10 Å². The van der Waals surface area contributed by atoms with E-state index in [0.717, 1.165) is 49.1 Å². The van der Waals surface area contributed by atoms with Crippen molar-refractivity contribution in [2.24, 2.45) is 5.92 Å². The summed E-state index contributed by atoms with van der Waals surface area (Å²) in [5, 5.41) is 14.7. The first-order chi connectivity index (χ1) is 12.2. The Balaban J connectivity index is 0.000000569. The quantitative estimate of drug-likeness (QED) is 0.641. The van der Waals surface area contributed by atoms with E-state index in [2.05, 4.69) is 15.1 Å². The van der Waals surface area contributed by atoms with Crippen molar-refractivity contribution >= 4 is 23.3 Å². The van der Waals surface area contributed by atoms with E-state index in [0.29, 0.717) is 11.6 Å². The fourth-order valence-electron chi connectivity index (χ4n) is 3.52. The highest BCUT2D eigenvalue weighted by molar-refractivity contribution is 6.02. The van der Waals surface area contributed by atoms with Crippen molar-refractivity contribution in [1.82, 2.24) is 15.1 Å². The number of hydrogen-bond acceptors (Lipinski definition) is 6. The molecule has 0 amide bonds. The maximum atomic E-state index is 12.5. The first kappa shape index (κ1) is 17.2. The van der Waals surface area contributed by atoms with Gasteiger partial charge in [0.25, 0.3) is 6.47 Å². The molecule has 3 aliphatic rings. The fourth-order valence-corrected chi connectivity index (χ4v) is 3.52. The van der Waals surface area contributed by atoms with E-state index < -0.39 is 0 Å². The normalized spacial score (nSPS) is 24.3. The van der Waals surface area contributed by atoms with Crippen molar-refractivity contribution in [1.29, 1.82) is 0 Å². The Morgan fingerprint density at radius 2 is 2.12 bits per heavy atom. The van der Waals surface area contributed by atoms with Gasteiger partial charge in [0.1, 0.15) is 11.9 Å². The number of benzene rings is 1. The maximum absolute atomic E-state index is 12.5. The molecule has 2 N–H and O–H groups in total. The number of H-pyrrole nitrogens is 1. The van der Waals surface area contributed by atoms with E-state index in [1.165, 1.54) is 0 Å². The van der Waals surface area contributed by atoms with Gasteiger partial charge >= 0.3 is 5.97 Å². The molecule has 4 heterocycles. The predicted octanol–water partition coefficient (Wildman–Crippen LogP) is 1.52. The van der Waals surface area contributed by atoms with Crippen molar-refractivity contribution in [3.05, 3.63) is 23.9 Å². The number of nitrogens with zero attached hydrogens (tertiary/aromatic N) is 2. The van der Waals surface area contributed by atoms with Crippen LogP contribution in [0, 0.1) is 5.92 Å². The SMILES string of the molecule is COc1ccc2c(C(=O)O[C@H]3CN4CCC3CC4)n[nH]c2c1.O=CO. The minimum atomic E-state index is -0.338. The van der Waals surface area contributed by atoms with Gasteiger partial charge in [-0.3, -0.25) is 14.8 Å². The van der Waals surface area contributed by atoms with Crippen molar-refractivity contribution in [3.63, 3.8) is 0 Å². The number of carbonyl (C=O) groups is 2. The van der Waals surface area contributed by atoms with Crippen LogP contribution in [0.5, 0.6) is 5.75 Å². The Morgan fingerprint density at radius 1 is 1.40 bits per heavy atom. The van der Waals surface area contributed by atoms with E-state index in [4.69, 9.17) is 19.4 Å². The van der Waals surface area contributed by atoms with E-state index in [1.54, 1.807) is 7.11 Å². The molecule has 1 atom stereocenters. The summed E-state index contributed by atoms with van der Waals surface area (Å²) in [5.41, 5.74) is 1.13. The monoisotopic (exact) mass is 347 g/mol. The molecule has 5 rings (SSSR count). The molecular weight excluding hydrogens is 326 g/mol. The largest absolute Gasteiger partial charge is 0.497 e. The zero-order valence-corrected chi connectivity index (χ0v) is 14.0.